The Labute approximate surface area is 155 Å². The first-order valence-electron chi connectivity index (χ1n) is 8.08. The number of anilines is 1. The van der Waals surface area contributed by atoms with Gasteiger partial charge in [0.2, 0.25) is 0 Å². The van der Waals surface area contributed by atoms with Crippen molar-refractivity contribution in [3.63, 3.8) is 0 Å². The van der Waals surface area contributed by atoms with Crippen LogP contribution in [-0.4, -0.2) is 37.5 Å². The van der Waals surface area contributed by atoms with Gasteiger partial charge in [0, 0.05) is 5.69 Å². The molecule has 142 valence electrons. The Bertz CT molecular complexity index is 823. The highest BCUT2D eigenvalue weighted by molar-refractivity contribution is 5.99. The zero-order valence-corrected chi connectivity index (χ0v) is 14.8. The number of nitrogens with one attached hydrogen (secondary N) is 2. The van der Waals surface area contributed by atoms with Crippen molar-refractivity contribution < 1.29 is 28.2 Å². The van der Waals surface area contributed by atoms with Crippen molar-refractivity contribution in [2.24, 2.45) is 0 Å². The molecule has 0 fully saturated rings. The molecule has 8 heteroatoms. The highest BCUT2D eigenvalue weighted by atomic mass is 19.1. The third-order valence-corrected chi connectivity index (χ3v) is 3.53. The minimum Gasteiger partial charge on any atom is -0.496 e. The summed E-state index contributed by atoms with van der Waals surface area (Å²) in [5, 5.41) is 4.90. The molecule has 0 aromatic heterocycles. The number of methoxy groups -OCH3 is 1. The molecule has 1 atom stereocenters. The van der Waals surface area contributed by atoms with Gasteiger partial charge in [0.15, 0.2) is 6.10 Å². The molecule has 0 unspecified atom stereocenters. The molecule has 0 aliphatic heterocycles. The summed E-state index contributed by atoms with van der Waals surface area (Å²) in [4.78, 5) is 35.9. The van der Waals surface area contributed by atoms with Gasteiger partial charge >= 0.3 is 5.97 Å². The molecule has 0 bridgehead atoms. The summed E-state index contributed by atoms with van der Waals surface area (Å²) in [6, 6.07) is 11.7. The van der Waals surface area contributed by atoms with Crippen LogP contribution in [-0.2, 0) is 14.3 Å². The molecule has 2 aromatic carbocycles. The van der Waals surface area contributed by atoms with Gasteiger partial charge in [-0.05, 0) is 43.3 Å². The van der Waals surface area contributed by atoms with Gasteiger partial charge < -0.3 is 20.1 Å². The van der Waals surface area contributed by atoms with E-state index < -0.39 is 36.2 Å². The Balaban J connectivity index is 1.83. The van der Waals surface area contributed by atoms with E-state index in [2.05, 4.69) is 10.6 Å². The minimum atomic E-state index is -1.09. The molecular formula is C19H19FN2O5. The SMILES string of the molecule is COc1ccccc1C(=O)NCC(=O)O[C@@H](C)C(=O)Nc1ccc(F)cc1. The Kier molecular flexibility index (Phi) is 6.87. The highest BCUT2D eigenvalue weighted by Gasteiger charge is 2.19. The maximum absolute atomic E-state index is 12.9. The van der Waals surface area contributed by atoms with E-state index in [4.69, 9.17) is 9.47 Å². The lowest BCUT2D eigenvalue weighted by molar-refractivity contribution is -0.152. The van der Waals surface area contributed by atoms with Crippen LogP contribution >= 0.6 is 0 Å². The maximum atomic E-state index is 12.9. The summed E-state index contributed by atoms with van der Waals surface area (Å²) in [6.07, 6.45) is -1.09. The quantitative estimate of drug-likeness (QED) is 0.724. The Morgan fingerprint density at radius 3 is 2.41 bits per heavy atom. The number of esters is 1. The average Bonchev–Trinajstić information content (AvgIpc) is 2.67. The topological polar surface area (TPSA) is 93.7 Å². The van der Waals surface area contributed by atoms with Gasteiger partial charge in [0.1, 0.15) is 18.1 Å². The summed E-state index contributed by atoms with van der Waals surface area (Å²) in [5.74, 6) is -1.92. The Morgan fingerprint density at radius 2 is 1.74 bits per heavy atom. The lowest BCUT2D eigenvalue weighted by Crippen LogP contribution is -2.35. The van der Waals surface area contributed by atoms with Gasteiger partial charge in [-0.25, -0.2) is 4.39 Å². The van der Waals surface area contributed by atoms with E-state index in [0.29, 0.717) is 11.4 Å². The third-order valence-electron chi connectivity index (χ3n) is 3.53. The van der Waals surface area contributed by atoms with E-state index in [-0.39, 0.29) is 5.56 Å². The molecule has 0 aliphatic rings. The molecule has 2 aromatic rings. The molecule has 2 rings (SSSR count). The van der Waals surface area contributed by atoms with Crippen molar-refractivity contribution in [2.75, 3.05) is 19.0 Å². The van der Waals surface area contributed by atoms with E-state index in [1.807, 2.05) is 0 Å². The van der Waals surface area contributed by atoms with Crippen molar-refractivity contribution in [2.45, 2.75) is 13.0 Å². The Hall–Kier alpha value is -3.42. The number of para-hydroxylation sites is 1. The Morgan fingerprint density at radius 1 is 1.07 bits per heavy atom. The van der Waals surface area contributed by atoms with Crippen LogP contribution in [0.15, 0.2) is 48.5 Å². The molecule has 0 spiro atoms. The number of carbonyl (C=O) groups excluding carboxylic acids is 3. The molecule has 0 aliphatic carbocycles. The largest absolute Gasteiger partial charge is 0.496 e. The molecule has 2 N–H and O–H groups in total. The van der Waals surface area contributed by atoms with Crippen LogP contribution in [0, 0.1) is 5.82 Å². The van der Waals surface area contributed by atoms with Gasteiger partial charge in [-0.1, -0.05) is 12.1 Å². The van der Waals surface area contributed by atoms with Crippen LogP contribution in [0.25, 0.3) is 0 Å². The first kappa shape index (κ1) is 19.9. The van der Waals surface area contributed by atoms with Gasteiger partial charge in [-0.3, -0.25) is 14.4 Å². The molecule has 0 heterocycles. The zero-order valence-electron chi connectivity index (χ0n) is 14.8. The third kappa shape index (κ3) is 5.81. The molecule has 0 saturated heterocycles. The minimum absolute atomic E-state index is 0.273. The van der Waals surface area contributed by atoms with Crippen molar-refractivity contribution in [3.05, 3.63) is 59.9 Å². The van der Waals surface area contributed by atoms with Crippen LogP contribution in [0.4, 0.5) is 10.1 Å². The van der Waals surface area contributed by atoms with Crippen LogP contribution in [0.2, 0.25) is 0 Å². The summed E-state index contributed by atoms with van der Waals surface area (Å²) >= 11 is 0. The number of amides is 2. The van der Waals surface area contributed by atoms with Crippen molar-refractivity contribution >= 4 is 23.5 Å². The normalized spacial score (nSPS) is 11.2. The van der Waals surface area contributed by atoms with Gasteiger partial charge in [0.25, 0.3) is 11.8 Å². The average molecular weight is 374 g/mol. The van der Waals surface area contributed by atoms with Gasteiger partial charge in [-0.2, -0.15) is 0 Å². The number of hydrogen-bond acceptors (Lipinski definition) is 5. The first-order valence-corrected chi connectivity index (χ1v) is 8.08. The highest BCUT2D eigenvalue weighted by Crippen LogP contribution is 2.16. The van der Waals surface area contributed by atoms with Crippen molar-refractivity contribution in [1.29, 1.82) is 0 Å². The van der Waals surface area contributed by atoms with Crippen LogP contribution in [0.1, 0.15) is 17.3 Å². The smallest absolute Gasteiger partial charge is 0.326 e. The second kappa shape index (κ2) is 9.33. The zero-order chi connectivity index (χ0) is 19.8. The summed E-state index contributed by atoms with van der Waals surface area (Å²) in [5.41, 5.74) is 0.642. The molecule has 0 saturated carbocycles. The molecule has 0 radical (unpaired) electrons. The molecule has 7 nitrogen and oxygen atoms in total. The van der Waals surface area contributed by atoms with E-state index in [0.717, 1.165) is 0 Å². The van der Waals surface area contributed by atoms with Crippen LogP contribution in [0.5, 0.6) is 5.75 Å². The predicted octanol–water partition coefficient (Wildman–Crippen LogP) is 2.13. The van der Waals surface area contributed by atoms with E-state index in [9.17, 15) is 18.8 Å². The van der Waals surface area contributed by atoms with Crippen LogP contribution in [0.3, 0.4) is 0 Å². The summed E-state index contributed by atoms with van der Waals surface area (Å²) < 4.78 is 22.9. The fraction of sp³-hybridized carbons (Fsp3) is 0.211. The summed E-state index contributed by atoms with van der Waals surface area (Å²) in [6.45, 7) is 0.976. The summed E-state index contributed by atoms with van der Waals surface area (Å²) in [7, 11) is 1.43. The number of benzene rings is 2. The predicted molar refractivity (Wildman–Crippen MR) is 95.9 cm³/mol. The van der Waals surface area contributed by atoms with E-state index in [1.54, 1.807) is 24.3 Å². The number of halogens is 1. The number of carbonyl (C=O) groups is 3. The molecular weight excluding hydrogens is 355 g/mol. The monoisotopic (exact) mass is 374 g/mol. The number of hydrogen-bond donors (Lipinski definition) is 2. The first-order chi connectivity index (χ1) is 12.9. The lowest BCUT2D eigenvalue weighted by atomic mass is 10.2. The second-order valence-electron chi connectivity index (χ2n) is 5.51. The number of ether oxygens (including phenoxy) is 2. The van der Waals surface area contributed by atoms with Gasteiger partial charge in [-0.15, -0.1) is 0 Å². The fourth-order valence-electron chi connectivity index (χ4n) is 2.15. The van der Waals surface area contributed by atoms with Crippen molar-refractivity contribution in [1.82, 2.24) is 5.32 Å². The number of rotatable bonds is 7. The second-order valence-corrected chi connectivity index (χ2v) is 5.51. The lowest BCUT2D eigenvalue weighted by Gasteiger charge is -2.14. The van der Waals surface area contributed by atoms with E-state index in [1.165, 1.54) is 38.3 Å². The van der Waals surface area contributed by atoms with Gasteiger partial charge in [0.05, 0.1) is 12.7 Å². The fourth-order valence-corrected chi connectivity index (χ4v) is 2.15. The molecule has 27 heavy (non-hydrogen) atoms. The maximum Gasteiger partial charge on any atom is 0.326 e. The van der Waals surface area contributed by atoms with Crippen LogP contribution < -0.4 is 15.4 Å². The van der Waals surface area contributed by atoms with E-state index >= 15 is 0 Å². The molecule has 2 amide bonds. The standard InChI is InChI=1S/C19H19FN2O5/c1-12(18(24)22-14-9-7-13(20)8-10-14)27-17(23)11-21-19(25)15-5-3-4-6-16(15)26-2/h3-10,12H,11H2,1-2H3,(H,21,25)(H,22,24)/t12-/m0/s1. The van der Waals surface area contributed by atoms with Crippen molar-refractivity contribution in [3.8, 4) is 5.75 Å².